The van der Waals surface area contributed by atoms with Crippen molar-refractivity contribution in [3.8, 4) is 0 Å². The average molecular weight is 384 g/mol. The van der Waals surface area contributed by atoms with Crippen LogP contribution in [-0.2, 0) is 17.0 Å². The number of fused-ring (bicyclic) bond motifs is 2. The average Bonchev–Trinajstić information content (AvgIpc) is 2.55. The van der Waals surface area contributed by atoms with Crippen molar-refractivity contribution in [2.24, 2.45) is 0 Å². The molecule has 1 aliphatic rings. The van der Waals surface area contributed by atoms with Gasteiger partial charge in [0, 0.05) is 13.0 Å². The zero-order valence-electron chi connectivity index (χ0n) is 14.4. The number of para-hydroxylation sites is 1. The number of alkyl halides is 3. The molecule has 1 atom stereocenters. The van der Waals surface area contributed by atoms with Crippen molar-refractivity contribution < 1.29 is 22.0 Å². The molecule has 0 N–H and O–H groups in total. The largest absolute Gasteiger partial charge is 0.633 e. The molecule has 26 heavy (non-hydrogen) atoms. The second-order valence-corrected chi connectivity index (χ2v) is 8.14. The van der Waals surface area contributed by atoms with Crippen LogP contribution in [0.25, 0.3) is 0 Å². The Labute approximate surface area is 152 Å². The lowest BCUT2D eigenvalue weighted by Gasteiger charge is -2.36. The minimum atomic E-state index is -4.48. The van der Waals surface area contributed by atoms with Gasteiger partial charge in [0.25, 0.3) is 0 Å². The topological polar surface area (TPSA) is 43.4 Å². The monoisotopic (exact) mass is 384 g/mol. The summed E-state index contributed by atoms with van der Waals surface area (Å²) in [6, 6.07) is 10.3. The van der Waals surface area contributed by atoms with Crippen LogP contribution in [0, 0.1) is 5.21 Å². The summed E-state index contributed by atoms with van der Waals surface area (Å²) in [6.45, 7) is 0.697. The molecule has 0 aromatic heterocycles. The molecule has 0 amide bonds. The molecule has 0 saturated carbocycles. The minimum Gasteiger partial charge on any atom is -0.633 e. The van der Waals surface area contributed by atoms with E-state index in [0.717, 1.165) is 12.1 Å². The molecule has 8 heteroatoms. The molecule has 0 bridgehead atoms. The summed E-state index contributed by atoms with van der Waals surface area (Å²) in [6.07, 6.45) is -3.99. The van der Waals surface area contributed by atoms with E-state index in [1.165, 1.54) is 20.2 Å². The van der Waals surface area contributed by atoms with Crippen molar-refractivity contribution in [1.29, 1.82) is 0 Å². The summed E-state index contributed by atoms with van der Waals surface area (Å²) in [4.78, 5) is 2.65. The molecule has 140 valence electrons. The Balaban J connectivity index is 2.05. The van der Waals surface area contributed by atoms with Crippen LogP contribution in [0.2, 0.25) is 0 Å². The van der Waals surface area contributed by atoms with Gasteiger partial charge in [-0.05, 0) is 30.3 Å². The molecule has 2 aromatic rings. The predicted octanol–water partition coefficient (Wildman–Crippen LogP) is 4.29. The quantitative estimate of drug-likeness (QED) is 0.584. The smallest absolute Gasteiger partial charge is 0.416 e. The zero-order valence-corrected chi connectivity index (χ0v) is 15.2. The van der Waals surface area contributed by atoms with E-state index < -0.39 is 27.2 Å². The van der Waals surface area contributed by atoms with E-state index in [1.807, 2.05) is 0 Å². The highest BCUT2D eigenvalue weighted by atomic mass is 32.2. The van der Waals surface area contributed by atoms with E-state index in [4.69, 9.17) is 0 Å². The molecule has 1 heterocycles. The molecule has 0 fully saturated rings. The van der Waals surface area contributed by atoms with Gasteiger partial charge in [-0.1, -0.05) is 12.1 Å². The third kappa shape index (κ3) is 3.77. The maximum Gasteiger partial charge on any atom is 0.416 e. The summed E-state index contributed by atoms with van der Waals surface area (Å²) in [7, 11) is 1.50. The number of nitrogens with zero attached hydrogens (tertiary/aromatic N) is 2. The van der Waals surface area contributed by atoms with E-state index in [-0.39, 0.29) is 5.69 Å². The van der Waals surface area contributed by atoms with Crippen molar-refractivity contribution in [2.75, 3.05) is 32.1 Å². The maximum atomic E-state index is 13.1. The van der Waals surface area contributed by atoms with Crippen molar-refractivity contribution in [3.05, 3.63) is 53.2 Å². The van der Waals surface area contributed by atoms with E-state index in [1.54, 1.807) is 29.2 Å². The summed E-state index contributed by atoms with van der Waals surface area (Å²) >= 11 is 0. The Bertz CT molecular complexity index is 847. The molecule has 3 rings (SSSR count). The highest BCUT2D eigenvalue weighted by Crippen LogP contribution is 2.44. The van der Waals surface area contributed by atoms with Gasteiger partial charge in [0.2, 0.25) is 0 Å². The first-order valence-corrected chi connectivity index (χ1v) is 9.26. The van der Waals surface area contributed by atoms with Gasteiger partial charge in [-0.3, -0.25) is 0 Å². The van der Waals surface area contributed by atoms with Gasteiger partial charge in [0.05, 0.1) is 58.2 Å². The van der Waals surface area contributed by atoms with Gasteiger partial charge in [-0.2, -0.15) is 13.2 Å². The molecule has 0 spiro atoms. The van der Waals surface area contributed by atoms with Crippen LogP contribution in [-0.4, -0.2) is 36.0 Å². The van der Waals surface area contributed by atoms with E-state index in [9.17, 15) is 22.6 Å². The van der Waals surface area contributed by atoms with Crippen LogP contribution in [0.1, 0.15) is 12.0 Å². The van der Waals surface area contributed by atoms with Crippen LogP contribution < -0.4 is 4.90 Å². The molecule has 1 aliphatic heterocycles. The normalized spacial score (nSPS) is 17.0. The van der Waals surface area contributed by atoms with Crippen molar-refractivity contribution >= 4 is 22.2 Å². The maximum absolute atomic E-state index is 13.1. The zero-order chi connectivity index (χ0) is 19.1. The number of halogens is 3. The van der Waals surface area contributed by atoms with Gasteiger partial charge in [-0.15, -0.1) is 0 Å². The van der Waals surface area contributed by atoms with Gasteiger partial charge in [0.1, 0.15) is 0 Å². The Kier molecular flexibility index (Phi) is 4.85. The summed E-state index contributed by atoms with van der Waals surface area (Å²) in [5.74, 6) is 0. The molecule has 0 aliphatic carbocycles. The summed E-state index contributed by atoms with van der Waals surface area (Å²) < 4.78 is 51.8. The number of hydrogen-bond acceptors (Lipinski definition) is 3. The van der Waals surface area contributed by atoms with Crippen LogP contribution in [0.5, 0.6) is 0 Å². The first-order valence-electron chi connectivity index (χ1n) is 8.11. The van der Waals surface area contributed by atoms with Crippen LogP contribution in [0.15, 0.2) is 52.3 Å². The highest BCUT2D eigenvalue weighted by molar-refractivity contribution is 7.85. The van der Waals surface area contributed by atoms with Crippen LogP contribution in [0.3, 0.4) is 0 Å². The second kappa shape index (κ2) is 6.68. The molecule has 4 nitrogen and oxygen atoms in total. The Morgan fingerprint density at radius 2 is 1.73 bits per heavy atom. The Hall–Kier alpha value is -1.90. The number of benzene rings is 2. The van der Waals surface area contributed by atoms with E-state index in [0.29, 0.717) is 35.0 Å². The number of hydroxylamine groups is 3. The fraction of sp³-hybridized carbons (Fsp3) is 0.333. The van der Waals surface area contributed by atoms with Crippen molar-refractivity contribution in [3.63, 3.8) is 0 Å². The van der Waals surface area contributed by atoms with Gasteiger partial charge >= 0.3 is 6.18 Å². The standard InChI is InChI=1S/C18H19F3N2O2S/c1-23(2,24)11-5-10-22-14-6-3-4-7-16(14)26(25)17-9-8-13(12-15(17)22)18(19,20)21/h3-4,6-9,12H,5,10-11H2,1-2H3. The van der Waals surface area contributed by atoms with E-state index in [2.05, 4.69) is 0 Å². The Morgan fingerprint density at radius 1 is 1.08 bits per heavy atom. The third-order valence-electron chi connectivity index (χ3n) is 4.21. The van der Waals surface area contributed by atoms with Crippen LogP contribution in [0.4, 0.5) is 24.5 Å². The number of quaternary nitrogens is 1. The SMILES string of the molecule is C[N+](C)([O-])CCCN1c2ccccc2S(=O)c2ccc(C(F)(F)F)cc21. The highest BCUT2D eigenvalue weighted by Gasteiger charge is 2.34. The lowest BCUT2D eigenvalue weighted by atomic mass is 10.1. The Morgan fingerprint density at radius 3 is 2.38 bits per heavy atom. The number of rotatable bonds is 4. The summed E-state index contributed by atoms with van der Waals surface area (Å²) in [5, 5.41) is 11.8. The third-order valence-corrected chi connectivity index (χ3v) is 5.70. The molecule has 1 unspecified atom stereocenters. The molecule has 0 radical (unpaired) electrons. The molecule has 0 saturated heterocycles. The molecular weight excluding hydrogens is 365 g/mol. The van der Waals surface area contributed by atoms with Crippen LogP contribution >= 0.6 is 0 Å². The molecule has 2 aromatic carbocycles. The van der Waals surface area contributed by atoms with Gasteiger partial charge in [-0.25, -0.2) is 4.21 Å². The second-order valence-electron chi connectivity index (χ2n) is 6.72. The number of anilines is 2. The summed E-state index contributed by atoms with van der Waals surface area (Å²) in [5.41, 5.74) is 0.125. The van der Waals surface area contributed by atoms with Gasteiger partial charge < -0.3 is 14.8 Å². The van der Waals surface area contributed by atoms with Gasteiger partial charge in [0.15, 0.2) is 0 Å². The first kappa shape index (κ1) is 18.9. The number of hydrogen-bond donors (Lipinski definition) is 0. The van der Waals surface area contributed by atoms with Crippen molar-refractivity contribution in [2.45, 2.75) is 22.4 Å². The first-order chi connectivity index (χ1) is 12.1. The fourth-order valence-corrected chi connectivity index (χ4v) is 4.36. The lowest BCUT2D eigenvalue weighted by molar-refractivity contribution is -0.840. The lowest BCUT2D eigenvalue weighted by Crippen LogP contribution is -2.35. The minimum absolute atomic E-state index is 0.285. The predicted molar refractivity (Wildman–Crippen MR) is 94.5 cm³/mol. The van der Waals surface area contributed by atoms with E-state index >= 15 is 0 Å². The molecular formula is C18H19F3N2O2S. The fourth-order valence-electron chi connectivity index (χ4n) is 3.00. The van der Waals surface area contributed by atoms with Crippen molar-refractivity contribution in [1.82, 2.24) is 0 Å².